The number of hydrogen-bond donors (Lipinski definition) is 3. The molecule has 0 radical (unpaired) electrons. The standard InChI is InChI=1S/C14H13Br2NO2/c15-11-5-9(6-12(16)14(11)19)7-17-8-10-3-1-2-4-13(10)18/h1-6,17-19H,7-8H2. The molecule has 2 rings (SSSR count). The van der Waals surface area contributed by atoms with Crippen LogP contribution < -0.4 is 5.32 Å². The average molecular weight is 387 g/mol. The first-order valence-corrected chi connectivity index (χ1v) is 7.31. The second kappa shape index (κ2) is 6.41. The number of phenolic OH excluding ortho intramolecular Hbond substituents is 2. The average Bonchev–Trinajstić information content (AvgIpc) is 2.38. The fourth-order valence-electron chi connectivity index (χ4n) is 1.72. The third-order valence-corrected chi connectivity index (χ3v) is 3.92. The number of halogens is 2. The van der Waals surface area contributed by atoms with E-state index in [9.17, 15) is 10.2 Å². The maximum absolute atomic E-state index is 9.64. The van der Waals surface area contributed by atoms with Crippen molar-refractivity contribution in [2.75, 3.05) is 0 Å². The van der Waals surface area contributed by atoms with Gasteiger partial charge in [0.25, 0.3) is 0 Å². The third-order valence-electron chi connectivity index (χ3n) is 2.71. The van der Waals surface area contributed by atoms with Crippen molar-refractivity contribution in [2.24, 2.45) is 0 Å². The minimum absolute atomic E-state index is 0.199. The molecule has 19 heavy (non-hydrogen) atoms. The maximum atomic E-state index is 9.64. The minimum atomic E-state index is 0.199. The summed E-state index contributed by atoms with van der Waals surface area (Å²) in [5.41, 5.74) is 1.89. The van der Waals surface area contributed by atoms with Gasteiger partial charge in [-0.1, -0.05) is 18.2 Å². The van der Waals surface area contributed by atoms with E-state index in [1.807, 2.05) is 24.3 Å². The molecule has 0 aromatic heterocycles. The van der Waals surface area contributed by atoms with Crippen LogP contribution in [0.3, 0.4) is 0 Å². The summed E-state index contributed by atoms with van der Waals surface area (Å²) < 4.78 is 1.31. The third kappa shape index (κ3) is 3.72. The molecule has 0 saturated carbocycles. The summed E-state index contributed by atoms with van der Waals surface area (Å²) in [5.74, 6) is 0.493. The van der Waals surface area contributed by atoms with Crippen LogP contribution in [0.15, 0.2) is 45.3 Å². The highest BCUT2D eigenvalue weighted by Gasteiger charge is 2.06. The van der Waals surface area contributed by atoms with Crippen LogP contribution >= 0.6 is 31.9 Å². The molecule has 0 aliphatic rings. The highest BCUT2D eigenvalue weighted by molar-refractivity contribution is 9.11. The van der Waals surface area contributed by atoms with Crippen LogP contribution in [-0.2, 0) is 13.1 Å². The molecule has 0 fully saturated rings. The quantitative estimate of drug-likeness (QED) is 0.746. The van der Waals surface area contributed by atoms with Crippen molar-refractivity contribution >= 4 is 31.9 Å². The van der Waals surface area contributed by atoms with Crippen molar-refractivity contribution in [3.8, 4) is 11.5 Å². The van der Waals surface area contributed by atoms with Crippen molar-refractivity contribution in [1.82, 2.24) is 5.32 Å². The van der Waals surface area contributed by atoms with Gasteiger partial charge in [0.1, 0.15) is 11.5 Å². The lowest BCUT2D eigenvalue weighted by atomic mass is 10.2. The van der Waals surface area contributed by atoms with Crippen molar-refractivity contribution in [3.05, 3.63) is 56.5 Å². The van der Waals surface area contributed by atoms with Crippen LogP contribution in [0, 0.1) is 0 Å². The number of rotatable bonds is 4. The van der Waals surface area contributed by atoms with Crippen LogP contribution in [0.4, 0.5) is 0 Å². The molecule has 2 aromatic rings. The van der Waals surface area contributed by atoms with Crippen molar-refractivity contribution < 1.29 is 10.2 Å². The van der Waals surface area contributed by atoms with Gasteiger partial charge in [0, 0.05) is 18.7 Å². The fraction of sp³-hybridized carbons (Fsp3) is 0.143. The van der Waals surface area contributed by atoms with Gasteiger partial charge in [-0.25, -0.2) is 0 Å². The number of benzene rings is 2. The van der Waals surface area contributed by atoms with Gasteiger partial charge >= 0.3 is 0 Å². The molecule has 3 N–H and O–H groups in total. The predicted octanol–water partition coefficient (Wildman–Crippen LogP) is 3.91. The van der Waals surface area contributed by atoms with Crippen molar-refractivity contribution in [1.29, 1.82) is 0 Å². The highest BCUT2D eigenvalue weighted by atomic mass is 79.9. The lowest BCUT2D eigenvalue weighted by molar-refractivity contribution is 0.464. The second-order valence-corrected chi connectivity index (χ2v) is 5.85. The van der Waals surface area contributed by atoms with Crippen LogP contribution in [0.1, 0.15) is 11.1 Å². The Hall–Kier alpha value is -1.04. The van der Waals surface area contributed by atoms with Gasteiger partial charge < -0.3 is 15.5 Å². The summed E-state index contributed by atoms with van der Waals surface area (Å²) in [4.78, 5) is 0. The van der Waals surface area contributed by atoms with Crippen molar-refractivity contribution in [3.63, 3.8) is 0 Å². The topological polar surface area (TPSA) is 52.5 Å². The molecule has 5 heteroatoms. The molecule has 0 amide bonds. The molecule has 0 heterocycles. The lowest BCUT2D eigenvalue weighted by Crippen LogP contribution is -2.12. The number of aromatic hydroxyl groups is 2. The molecule has 0 aliphatic carbocycles. The second-order valence-electron chi connectivity index (χ2n) is 4.14. The summed E-state index contributed by atoms with van der Waals surface area (Å²) in [6.07, 6.45) is 0. The number of phenols is 2. The molecule has 100 valence electrons. The first-order chi connectivity index (χ1) is 9.08. The minimum Gasteiger partial charge on any atom is -0.508 e. The normalized spacial score (nSPS) is 10.6. The maximum Gasteiger partial charge on any atom is 0.143 e. The van der Waals surface area contributed by atoms with E-state index in [1.165, 1.54) is 0 Å². The van der Waals surface area contributed by atoms with Crippen molar-refractivity contribution in [2.45, 2.75) is 13.1 Å². The van der Waals surface area contributed by atoms with E-state index < -0.39 is 0 Å². The summed E-state index contributed by atoms with van der Waals surface area (Å²) in [6.45, 7) is 1.23. The Morgan fingerprint density at radius 3 is 2.21 bits per heavy atom. The Morgan fingerprint density at radius 2 is 1.58 bits per heavy atom. The lowest BCUT2D eigenvalue weighted by Gasteiger charge is -2.09. The van der Waals surface area contributed by atoms with Crippen LogP contribution in [0.2, 0.25) is 0 Å². The zero-order valence-corrected chi connectivity index (χ0v) is 13.2. The molecule has 0 bridgehead atoms. The van der Waals surface area contributed by atoms with Gasteiger partial charge in [0.05, 0.1) is 8.95 Å². The Morgan fingerprint density at radius 1 is 0.947 bits per heavy atom. The first-order valence-electron chi connectivity index (χ1n) is 5.72. The Kier molecular flexibility index (Phi) is 4.85. The first kappa shape index (κ1) is 14.4. The number of hydrogen-bond acceptors (Lipinski definition) is 3. The zero-order chi connectivity index (χ0) is 13.8. The Balaban J connectivity index is 1.98. The molecular formula is C14H13Br2NO2. The predicted molar refractivity (Wildman–Crippen MR) is 82.2 cm³/mol. The monoisotopic (exact) mass is 385 g/mol. The van der Waals surface area contributed by atoms with E-state index >= 15 is 0 Å². The van der Waals surface area contributed by atoms with E-state index in [1.54, 1.807) is 12.1 Å². The Bertz CT molecular complexity index is 564. The summed E-state index contributed by atoms with van der Waals surface area (Å²) in [7, 11) is 0. The molecule has 0 spiro atoms. The summed E-state index contributed by atoms with van der Waals surface area (Å²) in [5, 5.41) is 22.5. The molecule has 0 saturated heterocycles. The largest absolute Gasteiger partial charge is 0.508 e. The summed E-state index contributed by atoms with van der Waals surface area (Å²) in [6, 6.07) is 11.0. The van der Waals surface area contributed by atoms with Gasteiger partial charge in [-0.3, -0.25) is 0 Å². The highest BCUT2D eigenvalue weighted by Crippen LogP contribution is 2.33. The van der Waals surface area contributed by atoms with Gasteiger partial charge in [0.2, 0.25) is 0 Å². The molecule has 0 atom stereocenters. The van der Waals surface area contributed by atoms with E-state index in [4.69, 9.17) is 0 Å². The zero-order valence-electron chi connectivity index (χ0n) is 10.0. The van der Waals surface area contributed by atoms with Gasteiger partial charge in [-0.2, -0.15) is 0 Å². The fourth-order valence-corrected chi connectivity index (χ4v) is 3.00. The van der Waals surface area contributed by atoms with E-state index in [0.29, 0.717) is 27.8 Å². The van der Waals surface area contributed by atoms with Crippen LogP contribution in [0.25, 0.3) is 0 Å². The van der Waals surface area contributed by atoms with Gasteiger partial charge in [0.15, 0.2) is 0 Å². The summed E-state index contributed by atoms with van der Waals surface area (Å²) >= 11 is 6.60. The van der Waals surface area contributed by atoms with Crippen LogP contribution in [-0.4, -0.2) is 10.2 Å². The van der Waals surface area contributed by atoms with Gasteiger partial charge in [-0.15, -0.1) is 0 Å². The van der Waals surface area contributed by atoms with E-state index in [-0.39, 0.29) is 5.75 Å². The Labute approximate surface area is 128 Å². The smallest absolute Gasteiger partial charge is 0.143 e. The molecule has 3 nitrogen and oxygen atoms in total. The number of para-hydroxylation sites is 1. The van der Waals surface area contributed by atoms with Gasteiger partial charge in [-0.05, 0) is 55.6 Å². The SMILES string of the molecule is Oc1ccccc1CNCc1cc(Br)c(O)c(Br)c1. The van der Waals surface area contributed by atoms with E-state index in [2.05, 4.69) is 37.2 Å². The number of nitrogens with one attached hydrogen (secondary N) is 1. The van der Waals surface area contributed by atoms with E-state index in [0.717, 1.165) is 11.1 Å². The molecule has 0 aliphatic heterocycles. The van der Waals surface area contributed by atoms with Crippen LogP contribution in [0.5, 0.6) is 11.5 Å². The molecular weight excluding hydrogens is 374 g/mol. The molecule has 2 aromatic carbocycles. The molecule has 0 unspecified atom stereocenters.